The van der Waals surface area contributed by atoms with Crippen molar-refractivity contribution in [2.45, 2.75) is 24.2 Å². The van der Waals surface area contributed by atoms with Crippen molar-refractivity contribution in [1.82, 2.24) is 0 Å². The molecule has 0 spiro atoms. The van der Waals surface area contributed by atoms with Gasteiger partial charge in [0.25, 0.3) is 0 Å². The molecule has 96 valence electrons. The maximum absolute atomic E-state index is 12.6. The molecule has 0 N–H and O–H groups in total. The van der Waals surface area contributed by atoms with Crippen molar-refractivity contribution in [2.75, 3.05) is 6.26 Å². The van der Waals surface area contributed by atoms with Crippen LogP contribution in [0.4, 0.5) is 26.3 Å². The first kappa shape index (κ1) is 14.2. The third-order valence-corrected chi connectivity index (χ3v) is 3.08. The van der Waals surface area contributed by atoms with Crippen LogP contribution in [0.2, 0.25) is 0 Å². The number of alkyl halides is 6. The molecule has 0 bridgehead atoms. The zero-order chi connectivity index (χ0) is 13.4. The van der Waals surface area contributed by atoms with Gasteiger partial charge in [-0.3, -0.25) is 0 Å². The van der Waals surface area contributed by atoms with Gasteiger partial charge in [-0.2, -0.15) is 26.3 Å². The van der Waals surface area contributed by atoms with Crippen LogP contribution < -0.4 is 0 Å². The van der Waals surface area contributed by atoms with Crippen molar-refractivity contribution in [2.24, 2.45) is 0 Å². The second-order valence-corrected chi connectivity index (χ2v) is 4.19. The molecular formula is C10H8F6S. The van der Waals surface area contributed by atoms with Gasteiger partial charge in [-0.25, -0.2) is 0 Å². The molecule has 1 aromatic rings. The minimum atomic E-state index is -4.78. The highest BCUT2D eigenvalue weighted by atomic mass is 32.2. The summed E-state index contributed by atoms with van der Waals surface area (Å²) in [5, 5.41) is 0. The lowest BCUT2D eigenvalue weighted by atomic mass is 10.0. The highest BCUT2D eigenvalue weighted by Crippen LogP contribution is 2.40. The highest BCUT2D eigenvalue weighted by Gasteiger charge is 2.38. The summed E-state index contributed by atoms with van der Waals surface area (Å²) in [4.78, 5) is -0.0212. The number of hydrogen-bond donors (Lipinski definition) is 0. The molecule has 0 unspecified atom stereocenters. The van der Waals surface area contributed by atoms with Crippen molar-refractivity contribution in [3.05, 3.63) is 28.8 Å². The van der Waals surface area contributed by atoms with Crippen molar-refractivity contribution in [3.63, 3.8) is 0 Å². The normalized spacial score (nSPS) is 12.9. The maximum atomic E-state index is 12.6. The molecule has 0 saturated heterocycles. The van der Waals surface area contributed by atoms with Crippen LogP contribution in [-0.4, -0.2) is 6.26 Å². The van der Waals surface area contributed by atoms with Crippen molar-refractivity contribution < 1.29 is 26.3 Å². The Morgan fingerprint density at radius 3 is 1.82 bits per heavy atom. The van der Waals surface area contributed by atoms with Crippen LogP contribution >= 0.6 is 11.8 Å². The molecule has 7 heteroatoms. The number of hydrogen-bond acceptors (Lipinski definition) is 1. The number of rotatable bonds is 1. The first-order chi connectivity index (χ1) is 7.57. The summed E-state index contributed by atoms with van der Waals surface area (Å²) in [5.74, 6) is 0. The summed E-state index contributed by atoms with van der Waals surface area (Å²) in [7, 11) is 0. The molecule has 0 aliphatic rings. The summed E-state index contributed by atoms with van der Waals surface area (Å²) in [6, 6.07) is 0.879. The zero-order valence-corrected chi connectivity index (χ0v) is 9.65. The van der Waals surface area contributed by atoms with Crippen LogP contribution in [0.15, 0.2) is 17.0 Å². The summed E-state index contributed by atoms with van der Waals surface area (Å²) in [6.45, 7) is 1.16. The first-order valence-corrected chi connectivity index (χ1v) is 5.63. The summed E-state index contributed by atoms with van der Waals surface area (Å²) < 4.78 is 75.0. The Balaban J connectivity index is 3.50. The minimum Gasteiger partial charge on any atom is -0.166 e. The number of thioether (sulfide) groups is 1. The van der Waals surface area contributed by atoms with Crippen molar-refractivity contribution >= 4 is 11.8 Å². The Morgan fingerprint density at radius 1 is 0.941 bits per heavy atom. The van der Waals surface area contributed by atoms with Crippen LogP contribution in [0.5, 0.6) is 0 Å². The van der Waals surface area contributed by atoms with Crippen LogP contribution in [0.1, 0.15) is 16.7 Å². The van der Waals surface area contributed by atoms with Gasteiger partial charge in [0.15, 0.2) is 0 Å². The smallest absolute Gasteiger partial charge is 0.166 e. The maximum Gasteiger partial charge on any atom is 0.416 e. The summed E-state index contributed by atoms with van der Waals surface area (Å²) >= 11 is 0.856. The molecule has 1 rings (SSSR count). The number of halogens is 6. The van der Waals surface area contributed by atoms with Crippen molar-refractivity contribution in [3.8, 4) is 0 Å². The molecule has 0 aliphatic heterocycles. The molecule has 0 saturated carbocycles. The molecule has 0 radical (unpaired) electrons. The third-order valence-electron chi connectivity index (χ3n) is 2.21. The molecule has 0 fully saturated rings. The third kappa shape index (κ3) is 3.08. The standard InChI is InChI=1S/C10H8F6S/c1-5-7(10(14,15)16)3-6(9(11,12)13)4-8(5)17-2/h3-4H,1-2H3. The fourth-order valence-electron chi connectivity index (χ4n) is 1.36. The predicted octanol–water partition coefficient (Wildman–Crippen LogP) is 4.75. The van der Waals surface area contributed by atoms with E-state index in [1.165, 1.54) is 6.26 Å². The van der Waals surface area contributed by atoms with Gasteiger partial charge in [-0.05, 0) is 30.9 Å². The lowest BCUT2D eigenvalue weighted by Gasteiger charge is -2.16. The van der Waals surface area contributed by atoms with E-state index >= 15 is 0 Å². The van der Waals surface area contributed by atoms with E-state index in [1.807, 2.05) is 0 Å². The van der Waals surface area contributed by atoms with E-state index in [4.69, 9.17) is 0 Å². The van der Waals surface area contributed by atoms with Gasteiger partial charge in [-0.15, -0.1) is 11.8 Å². The van der Waals surface area contributed by atoms with Gasteiger partial charge in [0.2, 0.25) is 0 Å². The molecule has 0 aromatic heterocycles. The average molecular weight is 274 g/mol. The first-order valence-electron chi connectivity index (χ1n) is 4.40. The van der Waals surface area contributed by atoms with Gasteiger partial charge < -0.3 is 0 Å². The van der Waals surface area contributed by atoms with Gasteiger partial charge in [-0.1, -0.05) is 0 Å². The van der Waals surface area contributed by atoms with Gasteiger partial charge in [0, 0.05) is 4.90 Å². The van der Waals surface area contributed by atoms with Crippen LogP contribution in [0.3, 0.4) is 0 Å². The Bertz CT molecular complexity index is 418. The lowest BCUT2D eigenvalue weighted by molar-refractivity contribution is -0.143. The molecule has 0 heterocycles. The molecule has 0 amide bonds. The van der Waals surface area contributed by atoms with E-state index in [9.17, 15) is 26.3 Å². The second-order valence-electron chi connectivity index (χ2n) is 3.35. The van der Waals surface area contributed by atoms with E-state index in [0.717, 1.165) is 24.8 Å². The van der Waals surface area contributed by atoms with Crippen LogP contribution in [-0.2, 0) is 12.4 Å². The summed E-state index contributed by atoms with van der Waals surface area (Å²) in [5.41, 5.74) is -2.70. The van der Waals surface area contributed by atoms with Gasteiger partial charge in [0.05, 0.1) is 11.1 Å². The fraction of sp³-hybridized carbons (Fsp3) is 0.400. The molecule has 0 nitrogen and oxygen atoms in total. The van der Waals surface area contributed by atoms with Crippen molar-refractivity contribution in [1.29, 1.82) is 0 Å². The Labute approximate surface area is 98.0 Å². The second kappa shape index (κ2) is 4.44. The lowest BCUT2D eigenvalue weighted by Crippen LogP contribution is -2.13. The molecular weight excluding hydrogens is 266 g/mol. The van der Waals surface area contributed by atoms with Crippen LogP contribution in [0.25, 0.3) is 0 Å². The van der Waals surface area contributed by atoms with Gasteiger partial charge in [0.1, 0.15) is 0 Å². The van der Waals surface area contributed by atoms with E-state index in [-0.39, 0.29) is 16.5 Å². The predicted molar refractivity (Wildman–Crippen MR) is 53.0 cm³/mol. The Kier molecular flexibility index (Phi) is 3.71. The van der Waals surface area contributed by atoms with E-state index in [2.05, 4.69) is 0 Å². The highest BCUT2D eigenvalue weighted by molar-refractivity contribution is 7.98. The Morgan fingerprint density at radius 2 is 1.47 bits per heavy atom. The number of benzene rings is 1. The minimum absolute atomic E-state index is 0.0212. The topological polar surface area (TPSA) is 0 Å². The van der Waals surface area contributed by atoms with E-state index in [1.54, 1.807) is 0 Å². The Hall–Kier alpha value is -0.850. The molecule has 17 heavy (non-hydrogen) atoms. The van der Waals surface area contributed by atoms with E-state index in [0.29, 0.717) is 0 Å². The largest absolute Gasteiger partial charge is 0.416 e. The monoisotopic (exact) mass is 274 g/mol. The fourth-order valence-corrected chi connectivity index (χ4v) is 2.02. The molecule has 0 aliphatic carbocycles. The zero-order valence-electron chi connectivity index (χ0n) is 8.83. The SMILES string of the molecule is CSc1cc(C(F)(F)F)cc(C(F)(F)F)c1C. The summed E-state index contributed by atoms with van der Waals surface area (Å²) in [6.07, 6.45) is -8.13. The molecule has 0 atom stereocenters. The molecule has 1 aromatic carbocycles. The van der Waals surface area contributed by atoms with E-state index < -0.39 is 23.5 Å². The quantitative estimate of drug-likeness (QED) is 0.526. The van der Waals surface area contributed by atoms with Crippen LogP contribution in [0, 0.1) is 6.92 Å². The van der Waals surface area contributed by atoms with Gasteiger partial charge >= 0.3 is 12.4 Å². The average Bonchev–Trinajstić information content (AvgIpc) is 2.14.